The van der Waals surface area contributed by atoms with E-state index in [1.165, 1.54) is 43.7 Å². The van der Waals surface area contributed by atoms with Crippen LogP contribution in [0.25, 0.3) is 33.3 Å². The van der Waals surface area contributed by atoms with E-state index in [0.717, 1.165) is 37.6 Å². The highest BCUT2D eigenvalue weighted by Gasteiger charge is 2.13. The van der Waals surface area contributed by atoms with Gasteiger partial charge < -0.3 is 10.3 Å². The summed E-state index contributed by atoms with van der Waals surface area (Å²) in [5, 5.41) is 4.69. The van der Waals surface area contributed by atoms with Crippen molar-refractivity contribution in [1.29, 1.82) is 0 Å². The summed E-state index contributed by atoms with van der Waals surface area (Å²) < 4.78 is 2.43. The lowest BCUT2D eigenvalue weighted by molar-refractivity contribution is 0.396. The summed E-state index contributed by atoms with van der Waals surface area (Å²) in [7, 11) is 0. The highest BCUT2D eigenvalue weighted by atomic mass is 32.2. The molecule has 1 fully saturated rings. The van der Waals surface area contributed by atoms with E-state index < -0.39 is 0 Å². The molecule has 4 nitrogen and oxygen atoms in total. The topological polar surface area (TPSA) is 44.0 Å². The van der Waals surface area contributed by atoms with Gasteiger partial charge in [-0.2, -0.15) is 0 Å². The first kappa shape index (κ1) is 20.3. The molecule has 2 aromatic heterocycles. The SMILES string of the molecule is Cc1cc(-c2ccc3c(C)c(-c4ccc(SN5CCNCC5)cc4)[nH]c3c2)cc(C)n1. The van der Waals surface area contributed by atoms with Crippen LogP contribution in [0.1, 0.15) is 17.0 Å². The highest BCUT2D eigenvalue weighted by Crippen LogP contribution is 2.34. The fourth-order valence-corrected chi connectivity index (χ4v) is 5.30. The zero-order valence-corrected chi connectivity index (χ0v) is 19.1. The molecule has 158 valence electrons. The lowest BCUT2D eigenvalue weighted by Crippen LogP contribution is -2.39. The number of nitrogens with zero attached hydrogens (tertiary/aromatic N) is 2. The van der Waals surface area contributed by atoms with Crippen LogP contribution in [0.2, 0.25) is 0 Å². The van der Waals surface area contributed by atoms with Crippen molar-refractivity contribution in [1.82, 2.24) is 19.6 Å². The molecule has 5 rings (SSSR count). The predicted molar refractivity (Wildman–Crippen MR) is 131 cm³/mol. The Bertz CT molecular complexity index is 1200. The number of H-pyrrole nitrogens is 1. The van der Waals surface area contributed by atoms with E-state index in [4.69, 9.17) is 0 Å². The van der Waals surface area contributed by atoms with Gasteiger partial charge in [-0.1, -0.05) is 24.3 Å². The summed E-state index contributed by atoms with van der Waals surface area (Å²) in [4.78, 5) is 9.48. The van der Waals surface area contributed by atoms with Crippen molar-refractivity contribution >= 4 is 22.9 Å². The van der Waals surface area contributed by atoms with Gasteiger partial charge in [-0.3, -0.25) is 4.98 Å². The van der Waals surface area contributed by atoms with Gasteiger partial charge in [0.1, 0.15) is 0 Å². The third kappa shape index (κ3) is 4.26. The number of hydrogen-bond acceptors (Lipinski definition) is 4. The van der Waals surface area contributed by atoms with E-state index in [0.29, 0.717) is 0 Å². The fraction of sp³-hybridized carbons (Fsp3) is 0.269. The van der Waals surface area contributed by atoms with Crippen LogP contribution in [0.15, 0.2) is 59.5 Å². The molecule has 2 aromatic carbocycles. The molecule has 0 radical (unpaired) electrons. The van der Waals surface area contributed by atoms with Crippen LogP contribution in [0, 0.1) is 20.8 Å². The second-order valence-electron chi connectivity index (χ2n) is 8.32. The van der Waals surface area contributed by atoms with Crippen molar-refractivity contribution in [3.8, 4) is 22.4 Å². The number of aryl methyl sites for hydroxylation is 3. The van der Waals surface area contributed by atoms with Crippen LogP contribution in [-0.2, 0) is 0 Å². The van der Waals surface area contributed by atoms with Gasteiger partial charge in [0.15, 0.2) is 0 Å². The molecule has 1 aliphatic heterocycles. The Kier molecular flexibility index (Phi) is 5.57. The third-order valence-electron chi connectivity index (χ3n) is 5.93. The lowest BCUT2D eigenvalue weighted by Gasteiger charge is -2.25. The minimum absolute atomic E-state index is 1.05. The molecule has 0 atom stereocenters. The second-order valence-corrected chi connectivity index (χ2v) is 9.49. The number of nitrogens with one attached hydrogen (secondary N) is 2. The molecular weight excluding hydrogens is 400 g/mol. The number of pyridine rings is 1. The molecule has 5 heteroatoms. The van der Waals surface area contributed by atoms with Crippen molar-refractivity contribution in [3.05, 3.63) is 71.5 Å². The molecule has 3 heterocycles. The lowest BCUT2D eigenvalue weighted by atomic mass is 10.0. The standard InChI is InChI=1S/C26H28N4S/c1-17-14-22(15-18(2)28-17)21-6-9-24-19(3)26(29-25(24)16-21)20-4-7-23(8-5-20)31-30-12-10-27-11-13-30/h4-9,14-16,27,29H,10-13H2,1-3H3. The van der Waals surface area contributed by atoms with Crippen LogP contribution in [-0.4, -0.2) is 40.5 Å². The molecule has 0 saturated carbocycles. The number of fused-ring (bicyclic) bond motifs is 1. The van der Waals surface area contributed by atoms with E-state index in [9.17, 15) is 0 Å². The monoisotopic (exact) mass is 428 g/mol. The van der Waals surface area contributed by atoms with Gasteiger partial charge in [-0.05, 0) is 85.3 Å². The van der Waals surface area contributed by atoms with Crippen molar-refractivity contribution in [2.45, 2.75) is 25.7 Å². The van der Waals surface area contributed by atoms with Gasteiger partial charge in [-0.15, -0.1) is 0 Å². The number of piperazine rings is 1. The van der Waals surface area contributed by atoms with Crippen molar-refractivity contribution in [2.24, 2.45) is 0 Å². The number of rotatable bonds is 4. The first-order valence-corrected chi connectivity index (χ1v) is 11.7. The smallest absolute Gasteiger partial charge is 0.0494 e. The normalized spacial score (nSPS) is 14.9. The van der Waals surface area contributed by atoms with Gasteiger partial charge in [0.05, 0.1) is 0 Å². The molecule has 0 unspecified atom stereocenters. The Morgan fingerprint density at radius 3 is 2.19 bits per heavy atom. The van der Waals surface area contributed by atoms with Crippen molar-refractivity contribution < 1.29 is 0 Å². The largest absolute Gasteiger partial charge is 0.354 e. The van der Waals surface area contributed by atoms with Crippen LogP contribution in [0.3, 0.4) is 0 Å². The summed E-state index contributed by atoms with van der Waals surface area (Å²) in [6.45, 7) is 10.6. The fourth-order valence-electron chi connectivity index (χ4n) is 4.37. The quantitative estimate of drug-likeness (QED) is 0.407. The maximum absolute atomic E-state index is 4.51. The molecule has 1 aliphatic rings. The van der Waals surface area contributed by atoms with Crippen LogP contribution >= 0.6 is 11.9 Å². The molecule has 2 N–H and O–H groups in total. The van der Waals surface area contributed by atoms with E-state index >= 15 is 0 Å². The first-order valence-electron chi connectivity index (χ1n) is 10.9. The molecule has 0 aliphatic carbocycles. The second kappa shape index (κ2) is 8.50. The van der Waals surface area contributed by atoms with E-state index in [1.807, 2.05) is 11.9 Å². The van der Waals surface area contributed by atoms with Crippen LogP contribution in [0.5, 0.6) is 0 Å². The zero-order valence-electron chi connectivity index (χ0n) is 18.3. The Morgan fingerprint density at radius 1 is 0.806 bits per heavy atom. The average Bonchev–Trinajstić information content (AvgIpc) is 3.10. The average molecular weight is 429 g/mol. The van der Waals surface area contributed by atoms with Crippen LogP contribution < -0.4 is 5.32 Å². The maximum atomic E-state index is 4.51. The first-order chi connectivity index (χ1) is 15.1. The highest BCUT2D eigenvalue weighted by molar-refractivity contribution is 7.97. The minimum Gasteiger partial charge on any atom is -0.354 e. The molecule has 0 amide bonds. The molecule has 31 heavy (non-hydrogen) atoms. The molecular formula is C26H28N4S. The van der Waals surface area contributed by atoms with Gasteiger partial charge in [0.2, 0.25) is 0 Å². The maximum Gasteiger partial charge on any atom is 0.0494 e. The van der Waals surface area contributed by atoms with Crippen molar-refractivity contribution in [2.75, 3.05) is 26.2 Å². The third-order valence-corrected chi connectivity index (χ3v) is 7.03. The van der Waals surface area contributed by atoms with Gasteiger partial charge >= 0.3 is 0 Å². The van der Waals surface area contributed by atoms with E-state index in [1.54, 1.807) is 0 Å². The number of hydrogen-bond donors (Lipinski definition) is 2. The number of aromatic nitrogens is 2. The zero-order chi connectivity index (χ0) is 21.4. The van der Waals surface area contributed by atoms with Gasteiger partial charge in [0, 0.05) is 59.1 Å². The molecule has 0 spiro atoms. The summed E-state index contributed by atoms with van der Waals surface area (Å²) in [6.07, 6.45) is 0. The molecule has 1 saturated heterocycles. The summed E-state index contributed by atoms with van der Waals surface area (Å²) in [5.41, 5.74) is 9.45. The predicted octanol–water partition coefficient (Wildman–Crippen LogP) is 5.73. The summed E-state index contributed by atoms with van der Waals surface area (Å²) >= 11 is 1.86. The Balaban J connectivity index is 1.44. The summed E-state index contributed by atoms with van der Waals surface area (Å²) in [6, 6.07) is 20.0. The number of aromatic amines is 1. The Morgan fingerprint density at radius 2 is 1.48 bits per heavy atom. The van der Waals surface area contributed by atoms with Gasteiger partial charge in [0.25, 0.3) is 0 Å². The van der Waals surface area contributed by atoms with Crippen molar-refractivity contribution in [3.63, 3.8) is 0 Å². The summed E-state index contributed by atoms with van der Waals surface area (Å²) in [5.74, 6) is 0. The number of benzene rings is 2. The van der Waals surface area contributed by atoms with E-state index in [2.05, 4.69) is 95.0 Å². The Labute approximate surface area is 188 Å². The molecule has 4 aromatic rings. The van der Waals surface area contributed by atoms with Gasteiger partial charge in [-0.25, -0.2) is 4.31 Å². The minimum atomic E-state index is 1.05. The van der Waals surface area contributed by atoms with Crippen LogP contribution in [0.4, 0.5) is 0 Å². The Hall–Kier alpha value is -2.60. The molecule has 0 bridgehead atoms. The van der Waals surface area contributed by atoms with E-state index in [-0.39, 0.29) is 0 Å².